The molecule has 0 aliphatic rings. The minimum atomic E-state index is 0.812. The van der Waals surface area contributed by atoms with Gasteiger partial charge in [-0.15, -0.1) is 0 Å². The predicted molar refractivity (Wildman–Crippen MR) is 82.2 cm³/mol. The van der Waals surface area contributed by atoms with Crippen LogP contribution in [0.4, 0.5) is 0 Å². The van der Waals surface area contributed by atoms with Gasteiger partial charge in [0.25, 0.3) is 0 Å². The molecule has 0 bridgehead atoms. The molecule has 0 aliphatic carbocycles. The first-order chi connectivity index (χ1) is 9.70. The summed E-state index contributed by atoms with van der Waals surface area (Å²) in [6.45, 7) is 8.15. The van der Waals surface area contributed by atoms with E-state index in [9.17, 15) is 0 Å². The Balaban J connectivity index is 2.08. The molecule has 0 amide bonds. The van der Waals surface area contributed by atoms with Crippen molar-refractivity contribution in [2.24, 2.45) is 0 Å². The van der Waals surface area contributed by atoms with Crippen molar-refractivity contribution >= 4 is 0 Å². The van der Waals surface area contributed by atoms with E-state index in [0.29, 0.717) is 0 Å². The quantitative estimate of drug-likeness (QED) is 0.806. The number of hydrogen-bond donors (Lipinski definition) is 1. The van der Waals surface area contributed by atoms with Crippen molar-refractivity contribution in [3.63, 3.8) is 0 Å². The maximum absolute atomic E-state index is 5.94. The minimum absolute atomic E-state index is 0.812. The Kier molecular flexibility index (Phi) is 5.13. The molecule has 0 fully saturated rings. The number of ether oxygens (including phenoxy) is 1. The van der Waals surface area contributed by atoms with Crippen LogP contribution in [-0.4, -0.2) is 11.5 Å². The average Bonchev–Trinajstić information content (AvgIpc) is 2.44. The largest absolute Gasteiger partial charge is 0.455 e. The highest BCUT2D eigenvalue weighted by atomic mass is 16.5. The molecule has 0 saturated carbocycles. The molecular formula is C17H22N2O. The molecule has 0 radical (unpaired) electrons. The molecule has 106 valence electrons. The van der Waals surface area contributed by atoms with Crippen molar-refractivity contribution in [2.75, 3.05) is 6.54 Å². The molecule has 1 aromatic carbocycles. The van der Waals surface area contributed by atoms with Crippen LogP contribution in [0.1, 0.15) is 30.2 Å². The fourth-order valence-electron chi connectivity index (χ4n) is 2.04. The number of pyridine rings is 1. The van der Waals surface area contributed by atoms with Crippen LogP contribution in [-0.2, 0) is 6.54 Å². The van der Waals surface area contributed by atoms with Crippen molar-refractivity contribution < 1.29 is 4.74 Å². The molecule has 0 atom stereocenters. The Bertz CT molecular complexity index is 567. The van der Waals surface area contributed by atoms with Gasteiger partial charge in [-0.2, -0.15) is 0 Å². The lowest BCUT2D eigenvalue weighted by Crippen LogP contribution is -2.13. The van der Waals surface area contributed by atoms with E-state index in [4.69, 9.17) is 4.74 Å². The number of aryl methyl sites for hydroxylation is 2. The summed E-state index contributed by atoms with van der Waals surface area (Å²) < 4.78 is 5.94. The lowest BCUT2D eigenvalue weighted by molar-refractivity contribution is 0.471. The van der Waals surface area contributed by atoms with Gasteiger partial charge in [0.05, 0.1) is 5.69 Å². The molecule has 0 spiro atoms. The molecule has 1 aromatic heterocycles. The number of aromatic nitrogens is 1. The number of nitrogens with one attached hydrogen (secondary N) is 1. The van der Waals surface area contributed by atoms with Gasteiger partial charge in [-0.1, -0.05) is 19.1 Å². The van der Waals surface area contributed by atoms with Crippen LogP contribution in [0, 0.1) is 13.8 Å². The highest BCUT2D eigenvalue weighted by Gasteiger charge is 2.05. The minimum Gasteiger partial charge on any atom is -0.455 e. The molecule has 0 saturated heterocycles. The van der Waals surface area contributed by atoms with Crippen molar-refractivity contribution in [1.29, 1.82) is 0 Å². The first-order valence-corrected chi connectivity index (χ1v) is 7.10. The van der Waals surface area contributed by atoms with Crippen LogP contribution in [0.15, 0.2) is 36.5 Å². The van der Waals surface area contributed by atoms with Gasteiger partial charge in [0.2, 0.25) is 0 Å². The Morgan fingerprint density at radius 3 is 2.70 bits per heavy atom. The summed E-state index contributed by atoms with van der Waals surface area (Å²) in [7, 11) is 0. The lowest BCUT2D eigenvalue weighted by Gasteiger charge is -2.12. The molecular weight excluding hydrogens is 248 g/mol. The Morgan fingerprint density at radius 2 is 2.00 bits per heavy atom. The van der Waals surface area contributed by atoms with Crippen LogP contribution in [0.2, 0.25) is 0 Å². The molecule has 2 aromatic rings. The van der Waals surface area contributed by atoms with Gasteiger partial charge in [0, 0.05) is 12.7 Å². The van der Waals surface area contributed by atoms with E-state index in [-0.39, 0.29) is 0 Å². The molecule has 3 heteroatoms. The molecule has 2 rings (SSSR count). The number of nitrogens with zero attached hydrogens (tertiary/aromatic N) is 1. The monoisotopic (exact) mass is 270 g/mol. The Morgan fingerprint density at radius 1 is 1.15 bits per heavy atom. The van der Waals surface area contributed by atoms with Crippen LogP contribution in [0.3, 0.4) is 0 Å². The Hall–Kier alpha value is -1.87. The third-order valence-electron chi connectivity index (χ3n) is 3.17. The second kappa shape index (κ2) is 7.06. The van der Waals surface area contributed by atoms with Gasteiger partial charge in [-0.05, 0) is 56.1 Å². The van der Waals surface area contributed by atoms with Crippen molar-refractivity contribution in [3.05, 3.63) is 53.3 Å². The lowest BCUT2D eigenvalue weighted by atomic mass is 10.1. The van der Waals surface area contributed by atoms with E-state index < -0.39 is 0 Å². The number of hydrogen-bond acceptors (Lipinski definition) is 3. The van der Waals surface area contributed by atoms with E-state index in [1.54, 1.807) is 6.20 Å². The average molecular weight is 270 g/mol. The molecule has 1 N–H and O–H groups in total. The van der Waals surface area contributed by atoms with Gasteiger partial charge in [0.1, 0.15) is 11.5 Å². The molecule has 1 heterocycles. The SMILES string of the molecule is CCCNCc1ccc(Oc2cccnc2C)c(C)c1. The van der Waals surface area contributed by atoms with Crippen LogP contribution in [0.25, 0.3) is 0 Å². The van der Waals surface area contributed by atoms with E-state index in [1.807, 2.05) is 25.1 Å². The second-order valence-corrected chi connectivity index (χ2v) is 4.97. The van der Waals surface area contributed by atoms with Gasteiger partial charge in [-0.3, -0.25) is 4.98 Å². The van der Waals surface area contributed by atoms with Gasteiger partial charge in [0.15, 0.2) is 0 Å². The first kappa shape index (κ1) is 14.5. The third-order valence-corrected chi connectivity index (χ3v) is 3.17. The van der Waals surface area contributed by atoms with Crippen molar-refractivity contribution in [1.82, 2.24) is 10.3 Å². The summed E-state index contributed by atoms with van der Waals surface area (Å²) in [5.41, 5.74) is 3.33. The van der Waals surface area contributed by atoms with Crippen LogP contribution in [0.5, 0.6) is 11.5 Å². The van der Waals surface area contributed by atoms with Crippen LogP contribution >= 0.6 is 0 Å². The van der Waals surface area contributed by atoms with Crippen molar-refractivity contribution in [3.8, 4) is 11.5 Å². The highest BCUT2D eigenvalue weighted by molar-refractivity contribution is 5.40. The maximum atomic E-state index is 5.94. The fourth-order valence-corrected chi connectivity index (χ4v) is 2.04. The van der Waals surface area contributed by atoms with E-state index >= 15 is 0 Å². The first-order valence-electron chi connectivity index (χ1n) is 7.10. The summed E-state index contributed by atoms with van der Waals surface area (Å²) >= 11 is 0. The summed E-state index contributed by atoms with van der Waals surface area (Å²) in [6.07, 6.45) is 2.93. The standard InChI is InChI=1S/C17H22N2O/c1-4-9-18-12-15-7-8-16(13(2)11-15)20-17-6-5-10-19-14(17)3/h5-8,10-11,18H,4,9,12H2,1-3H3. The molecule has 0 aliphatic heterocycles. The zero-order chi connectivity index (χ0) is 14.4. The fraction of sp³-hybridized carbons (Fsp3) is 0.353. The van der Waals surface area contributed by atoms with E-state index in [0.717, 1.165) is 42.3 Å². The zero-order valence-electron chi connectivity index (χ0n) is 12.4. The third kappa shape index (κ3) is 3.81. The van der Waals surface area contributed by atoms with Gasteiger partial charge in [-0.25, -0.2) is 0 Å². The van der Waals surface area contributed by atoms with Gasteiger partial charge >= 0.3 is 0 Å². The normalized spacial score (nSPS) is 10.6. The number of rotatable bonds is 6. The summed E-state index contributed by atoms with van der Waals surface area (Å²) in [6, 6.07) is 10.1. The van der Waals surface area contributed by atoms with E-state index in [1.165, 1.54) is 5.56 Å². The summed E-state index contributed by atoms with van der Waals surface area (Å²) in [5.74, 6) is 1.70. The van der Waals surface area contributed by atoms with Crippen molar-refractivity contribution in [2.45, 2.75) is 33.7 Å². The predicted octanol–water partition coefficient (Wildman–Crippen LogP) is 3.99. The topological polar surface area (TPSA) is 34.1 Å². The Labute approximate surface area is 121 Å². The number of benzene rings is 1. The van der Waals surface area contributed by atoms with E-state index in [2.05, 4.69) is 36.3 Å². The highest BCUT2D eigenvalue weighted by Crippen LogP contribution is 2.27. The summed E-state index contributed by atoms with van der Waals surface area (Å²) in [4.78, 5) is 4.24. The zero-order valence-corrected chi connectivity index (χ0v) is 12.4. The second-order valence-electron chi connectivity index (χ2n) is 4.97. The summed E-state index contributed by atoms with van der Waals surface area (Å²) in [5, 5.41) is 3.41. The molecule has 20 heavy (non-hydrogen) atoms. The van der Waals surface area contributed by atoms with Gasteiger partial charge < -0.3 is 10.1 Å². The molecule has 0 unspecified atom stereocenters. The molecule has 3 nitrogen and oxygen atoms in total. The maximum Gasteiger partial charge on any atom is 0.148 e. The van der Waals surface area contributed by atoms with Crippen LogP contribution < -0.4 is 10.1 Å². The smallest absolute Gasteiger partial charge is 0.148 e.